The van der Waals surface area contributed by atoms with E-state index >= 15 is 0 Å². The second-order valence-corrected chi connectivity index (χ2v) is 6.26. The summed E-state index contributed by atoms with van der Waals surface area (Å²) < 4.78 is 10.9. The van der Waals surface area contributed by atoms with Crippen LogP contribution in [0.5, 0.6) is 11.5 Å². The molecule has 0 aromatic heterocycles. The molecule has 130 valence electrons. The van der Waals surface area contributed by atoms with E-state index in [0.29, 0.717) is 30.4 Å². The SMILES string of the molecule is CCCCOc1cc(C(=O)OC[C@H](C(C)C)N(C)C)ccc1O. The van der Waals surface area contributed by atoms with E-state index in [0.717, 1.165) is 12.8 Å². The molecule has 0 bridgehead atoms. The van der Waals surface area contributed by atoms with Crippen molar-refractivity contribution < 1.29 is 19.4 Å². The number of carbonyl (C=O) groups excluding carboxylic acids is 1. The molecule has 1 aromatic carbocycles. The summed E-state index contributed by atoms with van der Waals surface area (Å²) in [6.07, 6.45) is 1.90. The number of carbonyl (C=O) groups is 1. The molecular weight excluding hydrogens is 294 g/mol. The lowest BCUT2D eigenvalue weighted by Crippen LogP contribution is -2.37. The fourth-order valence-electron chi connectivity index (χ4n) is 2.27. The van der Waals surface area contributed by atoms with E-state index in [4.69, 9.17) is 9.47 Å². The van der Waals surface area contributed by atoms with Crippen LogP contribution in [0.25, 0.3) is 0 Å². The van der Waals surface area contributed by atoms with Crippen LogP contribution in [0.2, 0.25) is 0 Å². The third-order valence-electron chi connectivity index (χ3n) is 3.77. The van der Waals surface area contributed by atoms with E-state index in [9.17, 15) is 9.90 Å². The first kappa shape index (κ1) is 19.3. The summed E-state index contributed by atoms with van der Waals surface area (Å²) in [5.41, 5.74) is 0.385. The van der Waals surface area contributed by atoms with Crippen molar-refractivity contribution in [1.82, 2.24) is 4.90 Å². The Hall–Kier alpha value is -1.75. The van der Waals surface area contributed by atoms with Gasteiger partial charge in [-0.15, -0.1) is 0 Å². The van der Waals surface area contributed by atoms with Gasteiger partial charge in [-0.3, -0.25) is 0 Å². The number of nitrogens with zero attached hydrogens (tertiary/aromatic N) is 1. The highest BCUT2D eigenvalue weighted by Crippen LogP contribution is 2.27. The summed E-state index contributed by atoms with van der Waals surface area (Å²) in [5.74, 6) is 0.329. The summed E-state index contributed by atoms with van der Waals surface area (Å²) in [6.45, 7) is 7.10. The second-order valence-electron chi connectivity index (χ2n) is 6.26. The van der Waals surface area contributed by atoms with Gasteiger partial charge in [-0.25, -0.2) is 4.79 Å². The first-order valence-electron chi connectivity index (χ1n) is 8.16. The molecule has 0 aliphatic carbocycles. The van der Waals surface area contributed by atoms with Gasteiger partial charge < -0.3 is 19.5 Å². The molecule has 0 spiro atoms. The molecule has 0 unspecified atom stereocenters. The highest BCUT2D eigenvalue weighted by molar-refractivity contribution is 5.90. The Balaban J connectivity index is 2.70. The van der Waals surface area contributed by atoms with Crippen LogP contribution >= 0.6 is 0 Å². The van der Waals surface area contributed by atoms with E-state index < -0.39 is 5.97 Å². The van der Waals surface area contributed by atoms with Gasteiger partial charge >= 0.3 is 5.97 Å². The van der Waals surface area contributed by atoms with Gasteiger partial charge in [-0.2, -0.15) is 0 Å². The molecule has 23 heavy (non-hydrogen) atoms. The van der Waals surface area contributed by atoms with Crippen LogP contribution in [0.15, 0.2) is 18.2 Å². The van der Waals surface area contributed by atoms with Crippen molar-refractivity contribution in [3.63, 3.8) is 0 Å². The predicted molar refractivity (Wildman–Crippen MR) is 91.1 cm³/mol. The maximum atomic E-state index is 12.2. The quantitative estimate of drug-likeness (QED) is 0.558. The molecule has 0 aliphatic rings. The van der Waals surface area contributed by atoms with Gasteiger partial charge in [0.1, 0.15) is 6.61 Å². The molecule has 1 rings (SSSR count). The molecule has 0 aliphatic heterocycles. The number of phenols is 1. The molecule has 0 saturated heterocycles. The van der Waals surface area contributed by atoms with E-state index in [1.807, 2.05) is 19.0 Å². The summed E-state index contributed by atoms with van der Waals surface area (Å²) in [5, 5.41) is 9.80. The summed E-state index contributed by atoms with van der Waals surface area (Å²) in [4.78, 5) is 14.3. The zero-order valence-corrected chi connectivity index (χ0v) is 14.8. The average molecular weight is 323 g/mol. The van der Waals surface area contributed by atoms with Crippen molar-refractivity contribution in [3.8, 4) is 11.5 Å². The number of rotatable bonds is 9. The number of esters is 1. The molecule has 5 heteroatoms. The number of hydrogen-bond donors (Lipinski definition) is 1. The van der Waals surface area contributed by atoms with Crippen molar-refractivity contribution in [2.45, 2.75) is 39.7 Å². The van der Waals surface area contributed by atoms with Crippen LogP contribution in [0.3, 0.4) is 0 Å². The van der Waals surface area contributed by atoms with Gasteiger partial charge in [0.2, 0.25) is 0 Å². The molecule has 5 nitrogen and oxygen atoms in total. The van der Waals surface area contributed by atoms with Gasteiger partial charge in [0.25, 0.3) is 0 Å². The number of likely N-dealkylation sites (N-methyl/N-ethyl adjacent to an activating group) is 1. The number of hydrogen-bond acceptors (Lipinski definition) is 5. The monoisotopic (exact) mass is 323 g/mol. The lowest BCUT2D eigenvalue weighted by Gasteiger charge is -2.27. The number of aromatic hydroxyl groups is 1. The van der Waals surface area contributed by atoms with E-state index in [1.165, 1.54) is 12.1 Å². The third-order valence-corrected chi connectivity index (χ3v) is 3.77. The maximum Gasteiger partial charge on any atom is 0.338 e. The molecular formula is C18H29NO4. The van der Waals surface area contributed by atoms with Crippen LogP contribution in [-0.4, -0.2) is 49.3 Å². The Morgan fingerprint density at radius 2 is 2.00 bits per heavy atom. The minimum absolute atomic E-state index is 0.0333. The van der Waals surface area contributed by atoms with Crippen LogP contribution in [0.1, 0.15) is 44.0 Å². The normalized spacial score (nSPS) is 12.5. The molecule has 1 aromatic rings. The average Bonchev–Trinajstić information content (AvgIpc) is 2.48. The van der Waals surface area contributed by atoms with Crippen molar-refractivity contribution in [2.24, 2.45) is 5.92 Å². The first-order chi connectivity index (χ1) is 10.9. The summed E-state index contributed by atoms with van der Waals surface area (Å²) in [6, 6.07) is 4.71. The number of phenolic OH excluding ortho intramolecular Hbond substituents is 1. The molecule has 1 atom stereocenters. The zero-order valence-electron chi connectivity index (χ0n) is 14.8. The number of ether oxygens (including phenoxy) is 2. The van der Waals surface area contributed by atoms with Gasteiger partial charge in [-0.05, 0) is 44.6 Å². The highest BCUT2D eigenvalue weighted by atomic mass is 16.5. The standard InChI is InChI=1S/C18H29NO4/c1-6-7-10-22-17-11-14(8-9-16(17)20)18(21)23-12-15(13(2)3)19(4)5/h8-9,11,13,15,20H,6-7,10,12H2,1-5H3/t15-/m1/s1. The molecule has 0 heterocycles. The Kier molecular flexibility index (Phi) is 7.89. The Bertz CT molecular complexity index is 492. The summed E-state index contributed by atoms with van der Waals surface area (Å²) >= 11 is 0. The molecule has 0 saturated carbocycles. The van der Waals surface area contributed by atoms with Crippen molar-refractivity contribution in [1.29, 1.82) is 0 Å². The largest absolute Gasteiger partial charge is 0.504 e. The van der Waals surface area contributed by atoms with Gasteiger partial charge in [0.05, 0.1) is 12.2 Å². The Labute approximate surface area is 139 Å². The number of benzene rings is 1. The Morgan fingerprint density at radius 3 is 2.57 bits per heavy atom. The van der Waals surface area contributed by atoms with E-state index in [2.05, 4.69) is 20.8 Å². The molecule has 0 amide bonds. The van der Waals surface area contributed by atoms with Gasteiger partial charge in [-0.1, -0.05) is 27.2 Å². The second kappa shape index (κ2) is 9.40. The van der Waals surface area contributed by atoms with Crippen molar-refractivity contribution in [2.75, 3.05) is 27.3 Å². The molecule has 0 fully saturated rings. The number of unbranched alkanes of at least 4 members (excludes halogenated alkanes) is 1. The van der Waals surface area contributed by atoms with Crippen molar-refractivity contribution >= 4 is 5.97 Å². The predicted octanol–water partition coefficient (Wildman–Crippen LogP) is 3.31. The van der Waals surface area contributed by atoms with Gasteiger partial charge in [0.15, 0.2) is 11.5 Å². The van der Waals surface area contributed by atoms with E-state index in [1.54, 1.807) is 6.07 Å². The summed E-state index contributed by atoms with van der Waals surface area (Å²) in [7, 11) is 3.94. The third kappa shape index (κ3) is 6.10. The molecule has 0 radical (unpaired) electrons. The van der Waals surface area contributed by atoms with Gasteiger partial charge in [0, 0.05) is 6.04 Å². The lowest BCUT2D eigenvalue weighted by molar-refractivity contribution is 0.0350. The fourth-order valence-corrected chi connectivity index (χ4v) is 2.27. The van der Waals surface area contributed by atoms with Crippen LogP contribution in [0, 0.1) is 5.92 Å². The van der Waals surface area contributed by atoms with E-state index in [-0.39, 0.29) is 11.8 Å². The minimum Gasteiger partial charge on any atom is -0.504 e. The van der Waals surface area contributed by atoms with Crippen molar-refractivity contribution in [3.05, 3.63) is 23.8 Å². The maximum absolute atomic E-state index is 12.2. The highest BCUT2D eigenvalue weighted by Gasteiger charge is 2.19. The smallest absolute Gasteiger partial charge is 0.338 e. The topological polar surface area (TPSA) is 59.0 Å². The van der Waals surface area contributed by atoms with Crippen LogP contribution in [-0.2, 0) is 4.74 Å². The van der Waals surface area contributed by atoms with Crippen LogP contribution in [0.4, 0.5) is 0 Å². The first-order valence-corrected chi connectivity index (χ1v) is 8.16. The Morgan fingerprint density at radius 1 is 1.30 bits per heavy atom. The minimum atomic E-state index is -0.405. The van der Waals surface area contributed by atoms with Crippen LogP contribution < -0.4 is 4.74 Å². The fraction of sp³-hybridized carbons (Fsp3) is 0.611. The molecule has 1 N–H and O–H groups in total. The zero-order chi connectivity index (χ0) is 17.4. The lowest BCUT2D eigenvalue weighted by atomic mass is 10.0.